The van der Waals surface area contributed by atoms with Gasteiger partial charge in [-0.15, -0.1) is 0 Å². The maximum absolute atomic E-state index is 14.4. The molecule has 0 N–H and O–H groups in total. The molecule has 1 fully saturated rings. The van der Waals surface area contributed by atoms with Gasteiger partial charge in [-0.1, -0.05) is 30.3 Å². The zero-order valence-corrected chi connectivity index (χ0v) is 20.5. The molecule has 2 aliphatic rings. The number of nitrogens with zero attached hydrogens (tertiary/aromatic N) is 3. The largest absolute Gasteiger partial charge is 0.495 e. The minimum Gasteiger partial charge on any atom is -0.495 e. The van der Waals surface area contributed by atoms with Crippen LogP contribution >= 0.6 is 0 Å². The van der Waals surface area contributed by atoms with E-state index in [1.54, 1.807) is 30.2 Å². The number of ether oxygens (including phenoxy) is 1. The van der Waals surface area contributed by atoms with Gasteiger partial charge in [-0.25, -0.2) is 8.78 Å². The fourth-order valence-corrected chi connectivity index (χ4v) is 5.39. The molecule has 0 radical (unpaired) electrons. The van der Waals surface area contributed by atoms with Crippen LogP contribution in [-0.4, -0.2) is 57.2 Å². The van der Waals surface area contributed by atoms with Crippen molar-refractivity contribution in [3.8, 4) is 5.75 Å². The summed E-state index contributed by atoms with van der Waals surface area (Å²) in [6.45, 7) is 3.93. The lowest BCUT2D eigenvalue weighted by Crippen LogP contribution is -2.50. The first kappa shape index (κ1) is 24.3. The molecular weight excluding hydrogens is 460 g/mol. The van der Waals surface area contributed by atoms with Gasteiger partial charge in [-0.2, -0.15) is 0 Å². The molecule has 1 unspecified atom stereocenters. The third-order valence-corrected chi connectivity index (χ3v) is 7.26. The van der Waals surface area contributed by atoms with E-state index in [0.29, 0.717) is 12.2 Å². The second-order valence-electron chi connectivity index (χ2n) is 9.43. The van der Waals surface area contributed by atoms with Crippen molar-refractivity contribution in [2.45, 2.75) is 18.8 Å². The number of piperazine rings is 1. The summed E-state index contributed by atoms with van der Waals surface area (Å²) in [5, 5.41) is 0. The van der Waals surface area contributed by atoms with E-state index in [9.17, 15) is 13.6 Å². The van der Waals surface area contributed by atoms with Gasteiger partial charge in [0.05, 0.1) is 25.0 Å². The van der Waals surface area contributed by atoms with Crippen LogP contribution in [0.3, 0.4) is 0 Å². The molecule has 1 atom stereocenters. The number of halogens is 2. The minimum atomic E-state index is -0.364. The van der Waals surface area contributed by atoms with Crippen LogP contribution in [0.2, 0.25) is 0 Å². The fraction of sp³-hybridized carbons (Fsp3) is 0.345. The van der Waals surface area contributed by atoms with Gasteiger partial charge in [-0.05, 0) is 60.4 Å². The number of methoxy groups -OCH3 is 1. The molecule has 7 heteroatoms. The van der Waals surface area contributed by atoms with E-state index in [1.807, 2.05) is 18.2 Å². The maximum Gasteiger partial charge on any atom is 0.241 e. The second kappa shape index (κ2) is 10.7. The van der Waals surface area contributed by atoms with E-state index in [2.05, 4.69) is 15.9 Å². The summed E-state index contributed by atoms with van der Waals surface area (Å²) in [4.78, 5) is 19.7. The molecule has 5 nitrogen and oxygen atoms in total. The predicted molar refractivity (Wildman–Crippen MR) is 138 cm³/mol. The monoisotopic (exact) mass is 491 g/mol. The zero-order chi connectivity index (χ0) is 25.1. The van der Waals surface area contributed by atoms with Gasteiger partial charge >= 0.3 is 0 Å². The van der Waals surface area contributed by atoms with Gasteiger partial charge < -0.3 is 14.5 Å². The van der Waals surface area contributed by atoms with Crippen LogP contribution in [0.15, 0.2) is 66.7 Å². The van der Waals surface area contributed by atoms with E-state index in [1.165, 1.54) is 24.3 Å². The average Bonchev–Trinajstić information content (AvgIpc) is 3.09. The Balaban J connectivity index is 1.30. The third-order valence-electron chi connectivity index (χ3n) is 7.26. The summed E-state index contributed by atoms with van der Waals surface area (Å²) in [5.74, 6) is 0.169. The Morgan fingerprint density at radius 3 is 2.36 bits per heavy atom. The molecule has 0 aliphatic carbocycles. The van der Waals surface area contributed by atoms with Crippen molar-refractivity contribution in [2.75, 3.05) is 56.2 Å². The van der Waals surface area contributed by atoms with Gasteiger partial charge in [0.1, 0.15) is 17.4 Å². The van der Waals surface area contributed by atoms with E-state index in [-0.39, 0.29) is 30.0 Å². The molecular formula is C29H31F2N3O2. The van der Waals surface area contributed by atoms with Gasteiger partial charge in [0, 0.05) is 38.6 Å². The highest BCUT2D eigenvalue weighted by atomic mass is 19.1. The molecule has 3 aromatic carbocycles. The second-order valence-corrected chi connectivity index (χ2v) is 9.43. The molecule has 188 valence electrons. The smallest absolute Gasteiger partial charge is 0.241 e. The number of hydrogen-bond acceptors (Lipinski definition) is 4. The summed E-state index contributed by atoms with van der Waals surface area (Å²) >= 11 is 0. The first-order chi connectivity index (χ1) is 17.5. The Morgan fingerprint density at radius 2 is 1.61 bits per heavy atom. The van der Waals surface area contributed by atoms with E-state index in [4.69, 9.17) is 4.74 Å². The number of amides is 1. The number of benzene rings is 3. The number of anilines is 2. The first-order valence-electron chi connectivity index (χ1n) is 12.5. The molecule has 0 bridgehead atoms. The molecule has 36 heavy (non-hydrogen) atoms. The van der Waals surface area contributed by atoms with Gasteiger partial charge in [0.25, 0.3) is 0 Å². The lowest BCUT2D eigenvalue weighted by Gasteiger charge is -2.37. The van der Waals surface area contributed by atoms with Crippen molar-refractivity contribution in [1.29, 1.82) is 0 Å². The number of fused-ring (bicyclic) bond motifs is 1. The number of para-hydroxylation sites is 2. The maximum atomic E-state index is 14.4. The quantitative estimate of drug-likeness (QED) is 0.500. The molecule has 0 aromatic heterocycles. The minimum absolute atomic E-state index is 0.0107. The Kier molecular flexibility index (Phi) is 7.18. The highest BCUT2D eigenvalue weighted by molar-refractivity contribution is 5.96. The van der Waals surface area contributed by atoms with Gasteiger partial charge in [-0.3, -0.25) is 9.69 Å². The Labute approximate surface area is 210 Å². The summed E-state index contributed by atoms with van der Waals surface area (Å²) in [7, 11) is 1.68. The van der Waals surface area contributed by atoms with Crippen LogP contribution in [0.25, 0.3) is 0 Å². The lowest BCUT2D eigenvalue weighted by atomic mass is 9.87. The SMILES string of the molecule is COc1ccccc1N1CCN(CC(=O)N2CCCC(c3ccc(F)cc3)c3ccc(F)cc32)CC1. The lowest BCUT2D eigenvalue weighted by molar-refractivity contribution is -0.119. The zero-order valence-electron chi connectivity index (χ0n) is 20.5. The normalized spacial score (nSPS) is 18.5. The van der Waals surface area contributed by atoms with Crippen LogP contribution in [-0.2, 0) is 4.79 Å². The molecule has 2 heterocycles. The summed E-state index contributed by atoms with van der Waals surface area (Å²) in [6.07, 6.45) is 1.59. The molecule has 0 spiro atoms. The topological polar surface area (TPSA) is 36.0 Å². The summed E-state index contributed by atoms with van der Waals surface area (Å²) in [5.41, 5.74) is 3.58. The number of carbonyl (C=O) groups excluding carboxylic acids is 1. The fourth-order valence-electron chi connectivity index (χ4n) is 5.39. The molecule has 0 saturated carbocycles. The van der Waals surface area contributed by atoms with Crippen molar-refractivity contribution in [2.24, 2.45) is 0 Å². The van der Waals surface area contributed by atoms with Crippen LogP contribution in [0.5, 0.6) is 5.75 Å². The molecule has 3 aromatic rings. The number of hydrogen-bond donors (Lipinski definition) is 0. The van der Waals surface area contributed by atoms with Crippen LogP contribution in [0, 0.1) is 11.6 Å². The van der Waals surface area contributed by atoms with Crippen LogP contribution in [0.4, 0.5) is 20.2 Å². The first-order valence-corrected chi connectivity index (χ1v) is 12.5. The summed E-state index contributed by atoms with van der Waals surface area (Å²) in [6, 6.07) is 19.1. The van der Waals surface area contributed by atoms with Gasteiger partial charge in [0.15, 0.2) is 0 Å². The average molecular weight is 492 g/mol. The summed E-state index contributed by atoms with van der Waals surface area (Å²) < 4.78 is 33.4. The van der Waals surface area contributed by atoms with E-state index in [0.717, 1.165) is 61.6 Å². The molecule has 5 rings (SSSR count). The number of carbonyl (C=O) groups is 1. The van der Waals surface area contributed by atoms with E-state index >= 15 is 0 Å². The molecule has 1 amide bonds. The Hall–Kier alpha value is -3.45. The highest BCUT2D eigenvalue weighted by Crippen LogP contribution is 2.39. The van der Waals surface area contributed by atoms with Crippen LogP contribution < -0.4 is 14.5 Å². The standard InChI is InChI=1S/C29H31F2N3O2/c1-36-28-7-3-2-6-26(28)33-17-15-32(16-18-33)20-29(35)34-14-4-5-24(21-8-10-22(30)11-9-21)25-13-12-23(31)19-27(25)34/h2-3,6-13,19,24H,4-5,14-18,20H2,1H3. The Bertz CT molecular complexity index is 1210. The van der Waals surface area contributed by atoms with Crippen molar-refractivity contribution >= 4 is 17.3 Å². The highest BCUT2D eigenvalue weighted by Gasteiger charge is 2.30. The predicted octanol–water partition coefficient (Wildman–Crippen LogP) is 5.05. The third kappa shape index (κ3) is 5.07. The van der Waals surface area contributed by atoms with Gasteiger partial charge in [0.2, 0.25) is 5.91 Å². The molecule has 2 aliphatic heterocycles. The Morgan fingerprint density at radius 1 is 0.889 bits per heavy atom. The number of rotatable bonds is 5. The van der Waals surface area contributed by atoms with Crippen molar-refractivity contribution in [3.63, 3.8) is 0 Å². The molecule has 1 saturated heterocycles. The van der Waals surface area contributed by atoms with Crippen molar-refractivity contribution < 1.29 is 18.3 Å². The van der Waals surface area contributed by atoms with Crippen LogP contribution in [0.1, 0.15) is 29.9 Å². The van der Waals surface area contributed by atoms with E-state index < -0.39 is 0 Å². The van der Waals surface area contributed by atoms with Crippen molar-refractivity contribution in [3.05, 3.63) is 89.5 Å². The van der Waals surface area contributed by atoms with Crippen molar-refractivity contribution in [1.82, 2.24) is 4.90 Å².